The normalized spacial score (nSPS) is 16.8. The Hall–Kier alpha value is -3.15. The fourth-order valence-electron chi connectivity index (χ4n) is 3.94. The van der Waals surface area contributed by atoms with Crippen molar-refractivity contribution in [2.75, 3.05) is 11.9 Å². The fourth-order valence-corrected chi connectivity index (χ4v) is 3.94. The number of urea groups is 1. The van der Waals surface area contributed by atoms with E-state index in [0.717, 1.165) is 54.0 Å². The summed E-state index contributed by atoms with van der Waals surface area (Å²) in [6, 6.07) is 14.0. The van der Waals surface area contributed by atoms with Crippen molar-refractivity contribution in [2.45, 2.75) is 32.2 Å². The molecule has 144 valence electrons. The molecule has 0 radical (unpaired) electrons. The lowest BCUT2D eigenvalue weighted by Gasteiger charge is -2.35. The number of hydrogen-bond donors (Lipinski definition) is 1. The summed E-state index contributed by atoms with van der Waals surface area (Å²) in [5, 5.41) is 7.73. The predicted octanol–water partition coefficient (Wildman–Crippen LogP) is 4.55. The molecule has 3 aromatic rings. The Morgan fingerprint density at radius 1 is 1.14 bits per heavy atom. The molecule has 1 fully saturated rings. The molecule has 0 aliphatic carbocycles. The second-order valence-electron chi connectivity index (χ2n) is 7.23. The smallest absolute Gasteiger partial charge is 0.317 e. The standard InChI is InChI=1S/C22H25N5O/c1-16-20(17-9-4-3-5-10-17)25-26(2)21(16)24-22(28)27-14-7-6-12-19(27)18-11-8-13-23-15-18/h3-5,8-11,13,15,19H,6-7,12,14H2,1-2H3,(H,24,28). The van der Waals surface area contributed by atoms with E-state index in [1.165, 1.54) is 0 Å². The Labute approximate surface area is 165 Å². The van der Waals surface area contributed by atoms with Gasteiger partial charge in [-0.05, 0) is 37.8 Å². The molecule has 1 aliphatic heterocycles. The van der Waals surface area contributed by atoms with Crippen molar-refractivity contribution < 1.29 is 4.79 Å². The Morgan fingerprint density at radius 3 is 2.71 bits per heavy atom. The van der Waals surface area contributed by atoms with Crippen molar-refractivity contribution in [3.8, 4) is 11.3 Å². The minimum absolute atomic E-state index is 0.0598. The number of rotatable bonds is 3. The molecular weight excluding hydrogens is 350 g/mol. The first-order valence-corrected chi connectivity index (χ1v) is 9.71. The zero-order valence-corrected chi connectivity index (χ0v) is 16.3. The molecule has 2 amide bonds. The Bertz CT molecular complexity index is 952. The highest BCUT2D eigenvalue weighted by Gasteiger charge is 2.29. The van der Waals surface area contributed by atoms with Crippen LogP contribution in [0.5, 0.6) is 0 Å². The number of aryl methyl sites for hydroxylation is 1. The maximum absolute atomic E-state index is 13.2. The Morgan fingerprint density at radius 2 is 1.96 bits per heavy atom. The van der Waals surface area contributed by atoms with E-state index in [9.17, 15) is 4.79 Å². The second-order valence-corrected chi connectivity index (χ2v) is 7.23. The molecule has 1 aliphatic rings. The Kier molecular flexibility index (Phi) is 5.10. The van der Waals surface area contributed by atoms with Gasteiger partial charge in [-0.25, -0.2) is 4.79 Å². The number of aromatic nitrogens is 3. The molecule has 0 saturated carbocycles. The summed E-state index contributed by atoms with van der Waals surface area (Å²) < 4.78 is 1.75. The van der Waals surface area contributed by atoms with Crippen molar-refractivity contribution in [3.05, 3.63) is 66.0 Å². The van der Waals surface area contributed by atoms with Gasteiger partial charge < -0.3 is 4.90 Å². The summed E-state index contributed by atoms with van der Waals surface area (Å²) in [5.74, 6) is 0.736. The number of nitrogens with zero attached hydrogens (tertiary/aromatic N) is 4. The van der Waals surface area contributed by atoms with Gasteiger partial charge in [0.1, 0.15) is 5.82 Å². The summed E-state index contributed by atoms with van der Waals surface area (Å²) >= 11 is 0. The summed E-state index contributed by atoms with van der Waals surface area (Å²) in [4.78, 5) is 19.3. The van der Waals surface area contributed by atoms with Crippen molar-refractivity contribution in [2.24, 2.45) is 7.05 Å². The molecule has 0 spiro atoms. The molecule has 28 heavy (non-hydrogen) atoms. The van der Waals surface area contributed by atoms with Crippen LogP contribution in [0.2, 0.25) is 0 Å². The maximum atomic E-state index is 13.2. The molecule has 1 saturated heterocycles. The van der Waals surface area contributed by atoms with Crippen LogP contribution in [0.25, 0.3) is 11.3 Å². The number of hydrogen-bond acceptors (Lipinski definition) is 3. The van der Waals surface area contributed by atoms with Crippen LogP contribution < -0.4 is 5.32 Å². The van der Waals surface area contributed by atoms with Gasteiger partial charge in [0.25, 0.3) is 0 Å². The zero-order chi connectivity index (χ0) is 19.5. The van der Waals surface area contributed by atoms with E-state index in [4.69, 9.17) is 0 Å². The van der Waals surface area contributed by atoms with Gasteiger partial charge >= 0.3 is 6.03 Å². The summed E-state index contributed by atoms with van der Waals surface area (Å²) in [6.07, 6.45) is 6.72. The summed E-state index contributed by atoms with van der Waals surface area (Å²) in [5.41, 5.74) is 3.99. The molecule has 6 nitrogen and oxygen atoms in total. The third-order valence-corrected chi connectivity index (χ3v) is 5.39. The summed E-state index contributed by atoms with van der Waals surface area (Å²) in [7, 11) is 1.86. The van der Waals surface area contributed by atoms with Gasteiger partial charge in [0.2, 0.25) is 0 Å². The number of carbonyl (C=O) groups excluding carboxylic acids is 1. The van der Waals surface area contributed by atoms with E-state index in [2.05, 4.69) is 15.4 Å². The number of carbonyl (C=O) groups is 1. The van der Waals surface area contributed by atoms with E-state index in [-0.39, 0.29) is 12.1 Å². The van der Waals surface area contributed by atoms with Crippen LogP contribution in [0.1, 0.15) is 36.4 Å². The van der Waals surface area contributed by atoms with Crippen LogP contribution >= 0.6 is 0 Å². The minimum atomic E-state index is -0.0840. The lowest BCUT2D eigenvalue weighted by atomic mass is 9.97. The first kappa shape index (κ1) is 18.2. The maximum Gasteiger partial charge on any atom is 0.323 e. The topological polar surface area (TPSA) is 63.1 Å². The van der Waals surface area contributed by atoms with Crippen LogP contribution in [-0.2, 0) is 7.05 Å². The predicted molar refractivity (Wildman–Crippen MR) is 110 cm³/mol. The number of likely N-dealkylation sites (tertiary alicyclic amines) is 1. The fraction of sp³-hybridized carbons (Fsp3) is 0.318. The summed E-state index contributed by atoms with van der Waals surface area (Å²) in [6.45, 7) is 2.74. The SMILES string of the molecule is Cc1c(-c2ccccc2)nn(C)c1NC(=O)N1CCCCC1c1cccnc1. The highest BCUT2D eigenvalue weighted by Crippen LogP contribution is 2.32. The number of amides is 2. The first-order chi connectivity index (χ1) is 13.6. The molecule has 1 N–H and O–H groups in total. The van der Waals surface area contributed by atoms with E-state index in [1.807, 2.05) is 67.5 Å². The van der Waals surface area contributed by atoms with Gasteiger partial charge in [0, 0.05) is 37.1 Å². The van der Waals surface area contributed by atoms with Gasteiger partial charge in [-0.2, -0.15) is 5.10 Å². The zero-order valence-electron chi connectivity index (χ0n) is 16.3. The van der Waals surface area contributed by atoms with E-state index in [1.54, 1.807) is 10.9 Å². The number of benzene rings is 1. The molecular formula is C22H25N5O. The third-order valence-electron chi connectivity index (χ3n) is 5.39. The number of pyridine rings is 1. The molecule has 2 aromatic heterocycles. The van der Waals surface area contributed by atoms with E-state index < -0.39 is 0 Å². The van der Waals surface area contributed by atoms with Crippen molar-refractivity contribution in [1.82, 2.24) is 19.7 Å². The van der Waals surface area contributed by atoms with Crippen molar-refractivity contribution in [3.63, 3.8) is 0 Å². The molecule has 1 aromatic carbocycles. The van der Waals surface area contributed by atoms with Crippen LogP contribution in [0, 0.1) is 6.92 Å². The molecule has 0 bridgehead atoms. The number of piperidine rings is 1. The van der Waals surface area contributed by atoms with Crippen LogP contribution in [0.3, 0.4) is 0 Å². The molecule has 1 atom stereocenters. The number of anilines is 1. The highest BCUT2D eigenvalue weighted by molar-refractivity contribution is 5.90. The van der Waals surface area contributed by atoms with E-state index >= 15 is 0 Å². The van der Waals surface area contributed by atoms with Crippen LogP contribution in [0.15, 0.2) is 54.9 Å². The molecule has 4 rings (SSSR count). The van der Waals surface area contributed by atoms with Gasteiger partial charge in [-0.15, -0.1) is 0 Å². The average molecular weight is 375 g/mol. The minimum Gasteiger partial charge on any atom is -0.317 e. The average Bonchev–Trinajstić information content (AvgIpc) is 3.03. The largest absolute Gasteiger partial charge is 0.323 e. The quantitative estimate of drug-likeness (QED) is 0.730. The molecule has 1 unspecified atom stereocenters. The van der Waals surface area contributed by atoms with Gasteiger partial charge in [-0.1, -0.05) is 36.4 Å². The molecule has 6 heteroatoms. The second kappa shape index (κ2) is 7.84. The first-order valence-electron chi connectivity index (χ1n) is 9.71. The van der Waals surface area contributed by atoms with Gasteiger partial charge in [0.15, 0.2) is 0 Å². The highest BCUT2D eigenvalue weighted by atomic mass is 16.2. The third kappa shape index (κ3) is 3.50. The van der Waals surface area contributed by atoms with Gasteiger partial charge in [-0.3, -0.25) is 15.0 Å². The number of nitrogens with one attached hydrogen (secondary N) is 1. The van der Waals surface area contributed by atoms with Crippen molar-refractivity contribution >= 4 is 11.8 Å². The lowest BCUT2D eigenvalue weighted by molar-refractivity contribution is 0.163. The molecule has 3 heterocycles. The van der Waals surface area contributed by atoms with Crippen LogP contribution in [-0.4, -0.2) is 32.2 Å². The van der Waals surface area contributed by atoms with Gasteiger partial charge in [0.05, 0.1) is 11.7 Å². The van der Waals surface area contributed by atoms with E-state index in [0.29, 0.717) is 0 Å². The lowest BCUT2D eigenvalue weighted by Crippen LogP contribution is -2.41. The monoisotopic (exact) mass is 375 g/mol. The Balaban J connectivity index is 1.59. The van der Waals surface area contributed by atoms with Crippen LogP contribution in [0.4, 0.5) is 10.6 Å². The van der Waals surface area contributed by atoms with Crippen molar-refractivity contribution in [1.29, 1.82) is 0 Å².